The van der Waals surface area contributed by atoms with E-state index < -0.39 is 0 Å². The molecular weight excluding hydrogens is 204 g/mol. The van der Waals surface area contributed by atoms with Crippen LogP contribution in [-0.4, -0.2) is 6.54 Å². The van der Waals surface area contributed by atoms with Crippen LogP contribution in [0.1, 0.15) is 6.92 Å². The number of hydrogen-bond acceptors (Lipinski definition) is 4. The van der Waals surface area contributed by atoms with E-state index in [-0.39, 0.29) is 0 Å². The molecule has 0 radical (unpaired) electrons. The molecule has 0 fully saturated rings. The van der Waals surface area contributed by atoms with Crippen molar-refractivity contribution in [2.24, 2.45) is 0 Å². The molecule has 0 saturated carbocycles. The summed E-state index contributed by atoms with van der Waals surface area (Å²) in [4.78, 5) is 0. The van der Waals surface area contributed by atoms with Gasteiger partial charge in [-0.3, -0.25) is 0 Å². The van der Waals surface area contributed by atoms with Crippen molar-refractivity contribution in [2.45, 2.75) is 6.92 Å². The zero-order valence-electron chi connectivity index (χ0n) is 8.91. The van der Waals surface area contributed by atoms with E-state index in [4.69, 9.17) is 14.6 Å². The van der Waals surface area contributed by atoms with Crippen molar-refractivity contribution < 1.29 is 8.83 Å². The lowest BCUT2D eigenvalue weighted by Gasteiger charge is -1.93. The Labute approximate surface area is 92.0 Å². The second-order valence-electron chi connectivity index (χ2n) is 3.72. The Hall–Kier alpha value is -2.10. The van der Waals surface area contributed by atoms with Crippen LogP contribution in [-0.2, 0) is 0 Å². The van der Waals surface area contributed by atoms with Crippen LogP contribution in [0.15, 0.2) is 33.1 Å². The fourth-order valence-electron chi connectivity index (χ4n) is 1.85. The Morgan fingerprint density at radius 2 is 1.75 bits per heavy atom. The molecule has 4 nitrogen and oxygen atoms in total. The van der Waals surface area contributed by atoms with Gasteiger partial charge in [-0.05, 0) is 19.1 Å². The topological polar surface area (TPSA) is 64.3 Å². The molecule has 0 spiro atoms. The maximum absolute atomic E-state index is 5.63. The van der Waals surface area contributed by atoms with Crippen LogP contribution in [0.4, 0.5) is 11.8 Å². The number of fused-ring (bicyclic) bond motifs is 2. The van der Waals surface area contributed by atoms with Crippen LogP contribution >= 0.6 is 0 Å². The van der Waals surface area contributed by atoms with E-state index in [2.05, 4.69) is 5.32 Å². The highest BCUT2D eigenvalue weighted by Gasteiger charge is 2.07. The molecule has 3 aromatic rings. The SMILES string of the molecule is CCNc1cc2cc3oc(N)cc3cc2o1. The number of nitrogens with one attached hydrogen (secondary N) is 1. The molecule has 0 aliphatic heterocycles. The van der Waals surface area contributed by atoms with Gasteiger partial charge in [0.05, 0.1) is 0 Å². The number of hydrogen-bond donors (Lipinski definition) is 2. The first-order valence-corrected chi connectivity index (χ1v) is 5.23. The van der Waals surface area contributed by atoms with Crippen LogP contribution in [0.3, 0.4) is 0 Å². The minimum Gasteiger partial charge on any atom is -0.441 e. The maximum atomic E-state index is 5.63. The van der Waals surface area contributed by atoms with Gasteiger partial charge < -0.3 is 19.9 Å². The third kappa shape index (κ3) is 1.31. The van der Waals surface area contributed by atoms with Crippen molar-refractivity contribution in [1.82, 2.24) is 0 Å². The molecule has 1 aromatic carbocycles. The summed E-state index contributed by atoms with van der Waals surface area (Å²) >= 11 is 0. The van der Waals surface area contributed by atoms with Crippen molar-refractivity contribution >= 4 is 33.7 Å². The average molecular weight is 216 g/mol. The van der Waals surface area contributed by atoms with Crippen molar-refractivity contribution in [1.29, 1.82) is 0 Å². The van der Waals surface area contributed by atoms with E-state index in [1.807, 2.05) is 25.1 Å². The molecular formula is C12H12N2O2. The van der Waals surface area contributed by atoms with E-state index in [0.717, 1.165) is 34.4 Å². The van der Waals surface area contributed by atoms with Gasteiger partial charge in [0.1, 0.15) is 11.2 Å². The van der Waals surface area contributed by atoms with Crippen molar-refractivity contribution in [2.75, 3.05) is 17.6 Å². The monoisotopic (exact) mass is 216 g/mol. The molecule has 2 heterocycles. The molecule has 82 valence electrons. The largest absolute Gasteiger partial charge is 0.441 e. The van der Waals surface area contributed by atoms with Gasteiger partial charge in [0.15, 0.2) is 11.8 Å². The summed E-state index contributed by atoms with van der Waals surface area (Å²) in [5, 5.41) is 5.11. The standard InChI is InChI=1S/C12H12N2O2/c1-2-14-12-6-8-4-9-7(3-10(8)16-12)5-11(13)15-9/h3-6,14H,2,13H2,1H3. The van der Waals surface area contributed by atoms with Crippen molar-refractivity contribution in [3.63, 3.8) is 0 Å². The van der Waals surface area contributed by atoms with Gasteiger partial charge in [0.2, 0.25) is 0 Å². The van der Waals surface area contributed by atoms with Gasteiger partial charge in [-0.25, -0.2) is 0 Å². The highest BCUT2D eigenvalue weighted by atomic mass is 16.4. The normalized spacial score (nSPS) is 11.3. The molecule has 2 aromatic heterocycles. The molecule has 0 bridgehead atoms. The quantitative estimate of drug-likeness (QED) is 0.690. The number of benzene rings is 1. The summed E-state index contributed by atoms with van der Waals surface area (Å²) in [6.07, 6.45) is 0. The van der Waals surface area contributed by atoms with Crippen molar-refractivity contribution in [3.8, 4) is 0 Å². The highest BCUT2D eigenvalue weighted by molar-refractivity contribution is 5.95. The zero-order valence-corrected chi connectivity index (χ0v) is 8.91. The number of anilines is 2. The van der Waals surface area contributed by atoms with E-state index in [9.17, 15) is 0 Å². The lowest BCUT2D eigenvalue weighted by molar-refractivity contribution is 0.627. The Morgan fingerprint density at radius 1 is 1.06 bits per heavy atom. The lowest BCUT2D eigenvalue weighted by atomic mass is 10.2. The number of furan rings is 2. The molecule has 4 heteroatoms. The Kier molecular flexibility index (Phi) is 1.83. The summed E-state index contributed by atoms with van der Waals surface area (Å²) in [7, 11) is 0. The minimum atomic E-state index is 0.426. The van der Waals surface area contributed by atoms with Gasteiger partial charge in [-0.2, -0.15) is 0 Å². The molecule has 3 N–H and O–H groups in total. The van der Waals surface area contributed by atoms with Gasteiger partial charge in [-0.1, -0.05) is 0 Å². The summed E-state index contributed by atoms with van der Waals surface area (Å²) < 4.78 is 11.0. The van der Waals surface area contributed by atoms with Gasteiger partial charge in [0.25, 0.3) is 0 Å². The first-order valence-electron chi connectivity index (χ1n) is 5.23. The van der Waals surface area contributed by atoms with Crippen LogP contribution in [0, 0.1) is 0 Å². The zero-order chi connectivity index (χ0) is 11.1. The number of nitrogens with two attached hydrogens (primary N) is 1. The van der Waals surface area contributed by atoms with Gasteiger partial charge in [-0.15, -0.1) is 0 Å². The van der Waals surface area contributed by atoms with Gasteiger partial charge >= 0.3 is 0 Å². The molecule has 0 unspecified atom stereocenters. The van der Waals surface area contributed by atoms with Crippen molar-refractivity contribution in [3.05, 3.63) is 24.3 Å². The third-order valence-corrected chi connectivity index (χ3v) is 2.53. The lowest BCUT2D eigenvalue weighted by Crippen LogP contribution is -1.93. The summed E-state index contributed by atoms with van der Waals surface area (Å²) in [5.74, 6) is 1.20. The molecule has 0 aliphatic carbocycles. The Morgan fingerprint density at radius 3 is 2.50 bits per heavy atom. The fourth-order valence-corrected chi connectivity index (χ4v) is 1.85. The predicted octanol–water partition coefficient (Wildman–Crippen LogP) is 3.19. The molecule has 0 amide bonds. The van der Waals surface area contributed by atoms with Crippen LogP contribution < -0.4 is 11.1 Å². The maximum Gasteiger partial charge on any atom is 0.194 e. The first kappa shape index (κ1) is 9.15. The number of nitrogen functional groups attached to an aromatic ring is 1. The van der Waals surface area contributed by atoms with E-state index in [1.54, 1.807) is 6.07 Å². The van der Waals surface area contributed by atoms with E-state index >= 15 is 0 Å². The minimum absolute atomic E-state index is 0.426. The molecule has 3 rings (SSSR count). The summed E-state index contributed by atoms with van der Waals surface area (Å²) in [5.41, 5.74) is 7.21. The second kappa shape index (κ2) is 3.20. The first-order chi connectivity index (χ1) is 7.76. The van der Waals surface area contributed by atoms with Gasteiger partial charge in [0, 0.05) is 29.4 Å². The molecule has 0 atom stereocenters. The summed E-state index contributed by atoms with van der Waals surface area (Å²) in [6.45, 7) is 2.86. The Bertz CT molecular complexity index is 600. The van der Waals surface area contributed by atoms with E-state index in [1.165, 1.54) is 0 Å². The van der Waals surface area contributed by atoms with Crippen LogP contribution in [0.2, 0.25) is 0 Å². The summed E-state index contributed by atoms with van der Waals surface area (Å²) in [6, 6.07) is 7.62. The number of rotatable bonds is 2. The molecule has 0 aliphatic rings. The third-order valence-electron chi connectivity index (χ3n) is 2.53. The fraction of sp³-hybridized carbons (Fsp3) is 0.167. The molecule has 0 saturated heterocycles. The molecule has 16 heavy (non-hydrogen) atoms. The van der Waals surface area contributed by atoms with Crippen LogP contribution in [0.25, 0.3) is 21.9 Å². The predicted molar refractivity (Wildman–Crippen MR) is 64.6 cm³/mol. The second-order valence-corrected chi connectivity index (χ2v) is 3.72. The average Bonchev–Trinajstić information content (AvgIpc) is 2.75. The van der Waals surface area contributed by atoms with Crippen LogP contribution in [0.5, 0.6) is 0 Å². The smallest absolute Gasteiger partial charge is 0.194 e. The Balaban J connectivity index is 2.23. The highest BCUT2D eigenvalue weighted by Crippen LogP contribution is 2.30. The van der Waals surface area contributed by atoms with E-state index in [0.29, 0.717) is 5.88 Å².